The first-order valence-electron chi connectivity index (χ1n) is 5.29. The van der Waals surface area contributed by atoms with Crippen molar-refractivity contribution in [3.8, 4) is 6.07 Å². The largest absolute Gasteiger partial charge is 0.395 e. The van der Waals surface area contributed by atoms with Crippen LogP contribution < -0.4 is 4.90 Å². The van der Waals surface area contributed by atoms with Crippen LogP contribution in [0.25, 0.3) is 0 Å². The van der Waals surface area contributed by atoms with E-state index in [1.54, 1.807) is 11.0 Å². The average Bonchev–Trinajstić information content (AvgIpc) is 2.37. The van der Waals surface area contributed by atoms with Gasteiger partial charge in [0.15, 0.2) is 0 Å². The summed E-state index contributed by atoms with van der Waals surface area (Å²) < 4.78 is 0. The Morgan fingerprint density at radius 2 is 2.33 bits per heavy atom. The molecule has 0 aliphatic rings. The third kappa shape index (κ3) is 3.06. The van der Waals surface area contributed by atoms with Crippen molar-refractivity contribution in [2.24, 2.45) is 0 Å². The van der Waals surface area contributed by atoms with Crippen LogP contribution in [0.5, 0.6) is 0 Å². The topological polar surface area (TPSA) is 90.4 Å². The van der Waals surface area contributed by atoms with Gasteiger partial charge in [0.25, 0.3) is 5.69 Å². The quantitative estimate of drug-likeness (QED) is 0.466. The highest BCUT2D eigenvalue weighted by atomic mass is 16.6. The number of anilines is 1. The normalized spacial score (nSPS) is 9.56. The Labute approximate surface area is 105 Å². The summed E-state index contributed by atoms with van der Waals surface area (Å²) in [6.45, 7) is 4.03. The van der Waals surface area contributed by atoms with Crippen LogP contribution in [-0.2, 0) is 0 Å². The number of aliphatic hydroxyl groups is 1. The monoisotopic (exact) mass is 247 g/mol. The molecule has 18 heavy (non-hydrogen) atoms. The number of hydrogen-bond donors (Lipinski definition) is 1. The molecule has 0 aliphatic carbocycles. The first-order chi connectivity index (χ1) is 8.63. The Morgan fingerprint density at radius 1 is 1.61 bits per heavy atom. The summed E-state index contributed by atoms with van der Waals surface area (Å²) in [6, 6.07) is 6.07. The van der Waals surface area contributed by atoms with Gasteiger partial charge in [0.05, 0.1) is 23.2 Å². The lowest BCUT2D eigenvalue weighted by atomic mass is 10.1. The molecule has 0 amide bonds. The molecule has 0 radical (unpaired) electrons. The number of nitriles is 1. The Morgan fingerprint density at radius 3 is 2.83 bits per heavy atom. The zero-order chi connectivity index (χ0) is 13.5. The smallest absolute Gasteiger partial charge is 0.292 e. The molecule has 1 rings (SSSR count). The van der Waals surface area contributed by atoms with Gasteiger partial charge in [-0.3, -0.25) is 10.1 Å². The highest BCUT2D eigenvalue weighted by Gasteiger charge is 2.19. The first-order valence-corrected chi connectivity index (χ1v) is 5.29. The molecule has 0 aromatic heterocycles. The third-order valence-electron chi connectivity index (χ3n) is 2.36. The number of benzene rings is 1. The van der Waals surface area contributed by atoms with Gasteiger partial charge in [-0.15, -0.1) is 6.58 Å². The minimum absolute atomic E-state index is 0.0932. The minimum atomic E-state index is -0.510. The molecule has 6 nitrogen and oxygen atoms in total. The van der Waals surface area contributed by atoms with Crippen molar-refractivity contribution in [1.29, 1.82) is 5.26 Å². The number of nitro benzene ring substituents is 1. The van der Waals surface area contributed by atoms with Gasteiger partial charge < -0.3 is 10.0 Å². The van der Waals surface area contributed by atoms with E-state index in [1.807, 2.05) is 6.07 Å². The Bertz CT molecular complexity index is 494. The van der Waals surface area contributed by atoms with Gasteiger partial charge in [-0.05, 0) is 12.1 Å². The number of rotatable bonds is 6. The van der Waals surface area contributed by atoms with E-state index in [2.05, 4.69) is 6.58 Å². The summed E-state index contributed by atoms with van der Waals surface area (Å²) in [5, 5.41) is 28.7. The molecule has 0 bridgehead atoms. The lowest BCUT2D eigenvalue weighted by molar-refractivity contribution is -0.384. The van der Waals surface area contributed by atoms with Crippen LogP contribution in [0.15, 0.2) is 30.9 Å². The predicted octanol–water partition coefficient (Wildman–Crippen LogP) is 1.45. The minimum Gasteiger partial charge on any atom is -0.395 e. The fraction of sp³-hybridized carbons (Fsp3) is 0.250. The van der Waals surface area contributed by atoms with Crippen LogP contribution in [0.2, 0.25) is 0 Å². The van der Waals surface area contributed by atoms with Crippen molar-refractivity contribution in [1.82, 2.24) is 0 Å². The highest BCUT2D eigenvalue weighted by Crippen LogP contribution is 2.28. The lowest BCUT2D eigenvalue weighted by Gasteiger charge is -2.22. The number of nitrogens with zero attached hydrogens (tertiary/aromatic N) is 3. The van der Waals surface area contributed by atoms with E-state index >= 15 is 0 Å². The van der Waals surface area contributed by atoms with E-state index in [-0.39, 0.29) is 18.8 Å². The SMILES string of the molecule is C=CCN(CCO)c1cc(C#N)ccc1[N+](=O)[O-]. The number of hydrogen-bond acceptors (Lipinski definition) is 5. The van der Waals surface area contributed by atoms with Gasteiger partial charge in [0, 0.05) is 19.2 Å². The van der Waals surface area contributed by atoms with Crippen molar-refractivity contribution in [2.75, 3.05) is 24.6 Å². The summed E-state index contributed by atoms with van der Waals surface area (Å²) in [5.74, 6) is 0. The van der Waals surface area contributed by atoms with Crippen LogP contribution in [0.4, 0.5) is 11.4 Å². The summed E-state index contributed by atoms with van der Waals surface area (Å²) in [5.41, 5.74) is 0.555. The number of aliphatic hydroxyl groups excluding tert-OH is 1. The Hall–Kier alpha value is -2.39. The van der Waals surface area contributed by atoms with E-state index in [0.717, 1.165) is 0 Å². The molecule has 0 aliphatic heterocycles. The fourth-order valence-corrected chi connectivity index (χ4v) is 1.59. The lowest BCUT2D eigenvalue weighted by Crippen LogP contribution is -2.27. The van der Waals surface area contributed by atoms with Crippen molar-refractivity contribution in [2.45, 2.75) is 0 Å². The maximum Gasteiger partial charge on any atom is 0.292 e. The Balaban J connectivity index is 3.27. The fourth-order valence-electron chi connectivity index (χ4n) is 1.59. The van der Waals surface area contributed by atoms with Gasteiger partial charge in [0.2, 0.25) is 0 Å². The molecule has 0 fully saturated rings. The van der Waals surface area contributed by atoms with Gasteiger partial charge in [-0.2, -0.15) is 5.26 Å². The van der Waals surface area contributed by atoms with Crippen LogP contribution in [0.1, 0.15) is 5.56 Å². The van der Waals surface area contributed by atoms with Crippen molar-refractivity contribution in [3.63, 3.8) is 0 Å². The molecule has 1 aromatic carbocycles. The average molecular weight is 247 g/mol. The molecule has 0 atom stereocenters. The molecular weight excluding hydrogens is 234 g/mol. The third-order valence-corrected chi connectivity index (χ3v) is 2.36. The van der Waals surface area contributed by atoms with E-state index in [1.165, 1.54) is 18.2 Å². The van der Waals surface area contributed by atoms with Gasteiger partial charge >= 0.3 is 0 Å². The van der Waals surface area contributed by atoms with Crippen molar-refractivity contribution >= 4 is 11.4 Å². The van der Waals surface area contributed by atoms with E-state index in [4.69, 9.17) is 10.4 Å². The second kappa shape index (κ2) is 6.37. The van der Waals surface area contributed by atoms with Crippen molar-refractivity contribution in [3.05, 3.63) is 46.5 Å². The van der Waals surface area contributed by atoms with Crippen LogP contribution in [-0.4, -0.2) is 29.7 Å². The molecule has 1 N–H and O–H groups in total. The van der Waals surface area contributed by atoms with Crippen LogP contribution in [0, 0.1) is 21.4 Å². The zero-order valence-corrected chi connectivity index (χ0v) is 9.74. The second-order valence-electron chi connectivity index (χ2n) is 3.53. The Kier molecular flexibility index (Phi) is 4.84. The van der Waals surface area contributed by atoms with Crippen molar-refractivity contribution < 1.29 is 10.0 Å². The predicted molar refractivity (Wildman–Crippen MR) is 67.3 cm³/mol. The highest BCUT2D eigenvalue weighted by molar-refractivity contribution is 5.66. The first kappa shape index (κ1) is 13.7. The van der Waals surface area contributed by atoms with E-state index in [9.17, 15) is 10.1 Å². The van der Waals surface area contributed by atoms with Gasteiger partial charge in [0.1, 0.15) is 5.69 Å². The zero-order valence-electron chi connectivity index (χ0n) is 9.74. The molecule has 94 valence electrons. The standard InChI is InChI=1S/C12H13N3O3/c1-2-5-14(6-7-16)12-8-10(9-13)3-4-11(12)15(17)18/h2-4,8,16H,1,5-7H2. The van der Waals surface area contributed by atoms with Crippen LogP contribution in [0.3, 0.4) is 0 Å². The molecule has 1 aromatic rings. The maximum atomic E-state index is 10.9. The molecule has 0 saturated heterocycles. The molecule has 0 spiro atoms. The molecule has 6 heteroatoms. The summed E-state index contributed by atoms with van der Waals surface area (Å²) in [7, 11) is 0. The molecule has 0 unspecified atom stereocenters. The van der Waals surface area contributed by atoms with E-state index < -0.39 is 4.92 Å². The molecular formula is C12H13N3O3. The summed E-state index contributed by atoms with van der Waals surface area (Å²) >= 11 is 0. The molecule has 0 saturated carbocycles. The van der Waals surface area contributed by atoms with Crippen LogP contribution >= 0.6 is 0 Å². The maximum absolute atomic E-state index is 10.9. The second-order valence-corrected chi connectivity index (χ2v) is 3.53. The van der Waals surface area contributed by atoms with E-state index in [0.29, 0.717) is 17.8 Å². The van der Waals surface area contributed by atoms with Gasteiger partial charge in [-0.1, -0.05) is 6.08 Å². The summed E-state index contributed by atoms with van der Waals surface area (Å²) in [4.78, 5) is 12.0. The molecule has 0 heterocycles. The summed E-state index contributed by atoms with van der Waals surface area (Å²) in [6.07, 6.45) is 1.58. The van der Waals surface area contributed by atoms with Gasteiger partial charge in [-0.25, -0.2) is 0 Å². The number of nitro groups is 1.